The molecule has 1 aromatic carbocycles. The summed E-state index contributed by atoms with van der Waals surface area (Å²) in [5.74, 6) is -0.347. The van der Waals surface area contributed by atoms with Gasteiger partial charge in [-0.15, -0.1) is 4.83 Å². The number of nitrogens with one attached hydrogen (secondary N) is 2. The Morgan fingerprint density at radius 1 is 1.20 bits per heavy atom. The average Bonchev–Trinajstić information content (AvgIpc) is 2.53. The van der Waals surface area contributed by atoms with E-state index in [9.17, 15) is 31.7 Å². The molecular formula is C12H8ClF3N4O4S. The Labute approximate surface area is 143 Å². The van der Waals surface area contributed by atoms with Crippen LogP contribution in [0.25, 0.3) is 0 Å². The number of nitro benzene ring substituents is 1. The highest BCUT2D eigenvalue weighted by molar-refractivity contribution is 7.89. The van der Waals surface area contributed by atoms with Crippen LogP contribution in [-0.2, 0) is 16.2 Å². The Morgan fingerprint density at radius 3 is 2.28 bits per heavy atom. The zero-order chi connectivity index (χ0) is 18.8. The van der Waals surface area contributed by atoms with Crippen molar-refractivity contribution in [2.75, 3.05) is 5.43 Å². The maximum atomic E-state index is 12.5. The molecule has 8 nitrogen and oxygen atoms in total. The van der Waals surface area contributed by atoms with Gasteiger partial charge in [0.25, 0.3) is 15.7 Å². The van der Waals surface area contributed by atoms with E-state index in [1.807, 2.05) is 4.83 Å². The lowest BCUT2D eigenvalue weighted by molar-refractivity contribution is -0.384. The van der Waals surface area contributed by atoms with E-state index in [0.717, 1.165) is 24.3 Å². The standard InChI is InChI=1S/C12H8ClF3N4O4S/c13-10-5-7(12(14,15)16)6-17-11(10)18-19-25(23,24)9-3-1-8(2-4-9)20(21)22/h1-6,19H,(H,17,18). The third kappa shape index (κ3) is 4.55. The second-order valence-electron chi connectivity index (χ2n) is 4.53. The predicted molar refractivity (Wildman–Crippen MR) is 81.3 cm³/mol. The van der Waals surface area contributed by atoms with Gasteiger partial charge < -0.3 is 0 Å². The Hall–Kier alpha value is -2.44. The molecule has 0 radical (unpaired) electrons. The number of nitro groups is 1. The van der Waals surface area contributed by atoms with E-state index in [0.29, 0.717) is 12.3 Å². The molecule has 0 atom stereocenters. The summed E-state index contributed by atoms with van der Waals surface area (Å²) < 4.78 is 61.6. The molecular weight excluding hydrogens is 389 g/mol. The van der Waals surface area contributed by atoms with Crippen molar-refractivity contribution in [3.05, 3.63) is 57.2 Å². The van der Waals surface area contributed by atoms with Gasteiger partial charge in [0.1, 0.15) is 0 Å². The molecule has 0 saturated heterocycles. The Balaban J connectivity index is 2.15. The van der Waals surface area contributed by atoms with Gasteiger partial charge in [-0.2, -0.15) is 13.2 Å². The van der Waals surface area contributed by atoms with Crippen molar-refractivity contribution < 1.29 is 26.5 Å². The minimum Gasteiger partial charge on any atom is -0.291 e. The number of hydrogen-bond donors (Lipinski definition) is 2. The zero-order valence-electron chi connectivity index (χ0n) is 11.9. The maximum Gasteiger partial charge on any atom is 0.417 e. The van der Waals surface area contributed by atoms with Crippen LogP contribution < -0.4 is 10.3 Å². The summed E-state index contributed by atoms with van der Waals surface area (Å²) in [4.78, 5) is 14.8. The third-order valence-electron chi connectivity index (χ3n) is 2.83. The van der Waals surface area contributed by atoms with Gasteiger partial charge in [0, 0.05) is 18.3 Å². The van der Waals surface area contributed by atoms with Crippen molar-refractivity contribution in [3.63, 3.8) is 0 Å². The van der Waals surface area contributed by atoms with Crippen LogP contribution in [0.4, 0.5) is 24.7 Å². The molecule has 134 valence electrons. The van der Waals surface area contributed by atoms with Crippen LogP contribution in [-0.4, -0.2) is 18.3 Å². The molecule has 1 aromatic heterocycles. The molecule has 0 unspecified atom stereocenters. The predicted octanol–water partition coefficient (Wildman–Crippen LogP) is 2.97. The Kier molecular flexibility index (Phi) is 5.15. The highest BCUT2D eigenvalue weighted by atomic mass is 35.5. The first-order valence-corrected chi connectivity index (χ1v) is 8.12. The number of benzene rings is 1. The van der Waals surface area contributed by atoms with E-state index >= 15 is 0 Å². The highest BCUT2D eigenvalue weighted by Crippen LogP contribution is 2.32. The van der Waals surface area contributed by atoms with Crippen molar-refractivity contribution in [2.45, 2.75) is 11.1 Å². The van der Waals surface area contributed by atoms with Crippen LogP contribution in [0, 0.1) is 10.1 Å². The van der Waals surface area contributed by atoms with Crippen LogP contribution in [0.3, 0.4) is 0 Å². The van der Waals surface area contributed by atoms with Gasteiger partial charge in [0.15, 0.2) is 5.82 Å². The quantitative estimate of drug-likeness (QED) is 0.593. The molecule has 2 N–H and O–H groups in total. The number of alkyl halides is 3. The average molecular weight is 397 g/mol. The summed E-state index contributed by atoms with van der Waals surface area (Å²) in [6.45, 7) is 0. The second-order valence-corrected chi connectivity index (χ2v) is 6.62. The monoisotopic (exact) mass is 396 g/mol. The van der Waals surface area contributed by atoms with Crippen molar-refractivity contribution in [3.8, 4) is 0 Å². The molecule has 25 heavy (non-hydrogen) atoms. The van der Waals surface area contributed by atoms with Gasteiger partial charge in [0.05, 0.1) is 20.4 Å². The molecule has 0 fully saturated rings. The first-order valence-electron chi connectivity index (χ1n) is 6.26. The minimum atomic E-state index is -4.65. The van der Waals surface area contributed by atoms with E-state index < -0.39 is 31.7 Å². The van der Waals surface area contributed by atoms with Crippen molar-refractivity contribution in [1.82, 2.24) is 9.82 Å². The Morgan fingerprint density at radius 2 is 1.80 bits per heavy atom. The van der Waals surface area contributed by atoms with E-state index in [2.05, 4.69) is 10.4 Å². The van der Waals surface area contributed by atoms with Gasteiger partial charge in [-0.3, -0.25) is 15.5 Å². The van der Waals surface area contributed by atoms with Crippen LogP contribution in [0.2, 0.25) is 5.02 Å². The number of pyridine rings is 1. The van der Waals surface area contributed by atoms with Crippen LogP contribution in [0.5, 0.6) is 0 Å². The van der Waals surface area contributed by atoms with Gasteiger partial charge in [-0.1, -0.05) is 11.6 Å². The first-order chi connectivity index (χ1) is 11.5. The molecule has 0 amide bonds. The molecule has 0 bridgehead atoms. The number of sulfonamides is 1. The van der Waals surface area contributed by atoms with Gasteiger partial charge >= 0.3 is 6.18 Å². The number of nitrogens with zero attached hydrogens (tertiary/aromatic N) is 2. The van der Waals surface area contributed by atoms with Crippen LogP contribution >= 0.6 is 11.6 Å². The minimum absolute atomic E-state index is 0.306. The Bertz CT molecular complexity index is 904. The number of halogens is 4. The molecule has 1 heterocycles. The van der Waals surface area contributed by atoms with Gasteiger partial charge in [-0.05, 0) is 18.2 Å². The van der Waals surface area contributed by atoms with E-state index in [4.69, 9.17) is 11.6 Å². The first kappa shape index (κ1) is 18.9. The van der Waals surface area contributed by atoms with Crippen molar-refractivity contribution in [1.29, 1.82) is 0 Å². The molecule has 2 aromatic rings. The lowest BCUT2D eigenvalue weighted by atomic mass is 10.3. The van der Waals surface area contributed by atoms with E-state index in [1.54, 1.807) is 0 Å². The van der Waals surface area contributed by atoms with E-state index in [1.165, 1.54) is 0 Å². The summed E-state index contributed by atoms with van der Waals surface area (Å²) in [6, 6.07) is 4.53. The summed E-state index contributed by atoms with van der Waals surface area (Å²) in [5.41, 5.74) is 0.683. The number of non-ortho nitro benzene ring substituents is 1. The zero-order valence-corrected chi connectivity index (χ0v) is 13.5. The molecule has 0 aliphatic carbocycles. The van der Waals surface area contributed by atoms with Crippen molar-refractivity contribution in [2.24, 2.45) is 0 Å². The summed E-state index contributed by atoms with van der Waals surface area (Å²) in [5, 5.41) is 10.1. The van der Waals surface area contributed by atoms with Gasteiger partial charge in [0.2, 0.25) is 0 Å². The van der Waals surface area contributed by atoms with E-state index in [-0.39, 0.29) is 16.4 Å². The normalized spacial score (nSPS) is 12.0. The fourth-order valence-electron chi connectivity index (χ4n) is 1.61. The second kappa shape index (κ2) is 6.82. The molecule has 13 heteroatoms. The summed E-state index contributed by atoms with van der Waals surface area (Å²) in [7, 11) is -4.16. The molecule has 0 spiro atoms. The van der Waals surface area contributed by atoms with Gasteiger partial charge in [-0.25, -0.2) is 13.4 Å². The maximum absolute atomic E-state index is 12.5. The number of hydrogen-bond acceptors (Lipinski definition) is 6. The number of aromatic nitrogens is 1. The van der Waals surface area contributed by atoms with Crippen molar-refractivity contribution >= 4 is 33.1 Å². The number of rotatable bonds is 5. The fraction of sp³-hybridized carbons (Fsp3) is 0.0833. The topological polar surface area (TPSA) is 114 Å². The molecule has 0 aliphatic rings. The van der Waals surface area contributed by atoms with Crippen LogP contribution in [0.1, 0.15) is 5.56 Å². The molecule has 0 aliphatic heterocycles. The highest BCUT2D eigenvalue weighted by Gasteiger charge is 2.31. The smallest absolute Gasteiger partial charge is 0.291 e. The number of anilines is 1. The number of hydrazine groups is 1. The summed E-state index contributed by atoms with van der Waals surface area (Å²) in [6.07, 6.45) is -4.16. The molecule has 2 rings (SSSR count). The van der Waals surface area contributed by atoms with Crippen LogP contribution in [0.15, 0.2) is 41.4 Å². The molecule has 0 saturated carbocycles. The fourth-order valence-corrected chi connectivity index (χ4v) is 2.66. The SMILES string of the molecule is O=[N+]([O-])c1ccc(S(=O)(=O)NNc2ncc(C(F)(F)F)cc2Cl)cc1. The summed E-state index contributed by atoms with van der Waals surface area (Å²) >= 11 is 5.63. The lowest BCUT2D eigenvalue weighted by Gasteiger charge is -2.12. The third-order valence-corrected chi connectivity index (χ3v) is 4.38. The largest absolute Gasteiger partial charge is 0.417 e. The lowest BCUT2D eigenvalue weighted by Crippen LogP contribution is -2.30.